The Hall–Kier alpha value is -2.53. The molecule has 5 nitrogen and oxygen atoms in total. The molecule has 0 unspecified atom stereocenters. The summed E-state index contributed by atoms with van der Waals surface area (Å²) in [5, 5.41) is 0. The van der Waals surface area contributed by atoms with E-state index in [-0.39, 0.29) is 18.2 Å². The Bertz CT molecular complexity index is 774. The molecule has 2 atom stereocenters. The van der Waals surface area contributed by atoms with E-state index in [1.807, 2.05) is 24.3 Å². The van der Waals surface area contributed by atoms with Gasteiger partial charge in [-0.25, -0.2) is 0 Å². The van der Waals surface area contributed by atoms with Crippen LogP contribution in [0.25, 0.3) is 0 Å². The SMILES string of the molecule is CC(=O)O[C@@H]1CCN(Cc2ccc([C@H]3COc4ccccc4O3)cc2)C1. The Labute approximate surface area is 153 Å². The van der Waals surface area contributed by atoms with E-state index in [2.05, 4.69) is 29.2 Å². The highest BCUT2D eigenvalue weighted by Crippen LogP contribution is 2.35. The molecule has 2 aliphatic heterocycles. The molecular formula is C21H23NO4. The van der Waals surface area contributed by atoms with E-state index < -0.39 is 0 Å². The maximum absolute atomic E-state index is 11.1. The van der Waals surface area contributed by atoms with Crippen LogP contribution in [0.2, 0.25) is 0 Å². The van der Waals surface area contributed by atoms with Crippen LogP contribution in [0.4, 0.5) is 0 Å². The lowest BCUT2D eigenvalue weighted by atomic mass is 10.1. The standard InChI is InChI=1S/C21H23NO4/c1-15(23)25-18-10-11-22(13-18)12-16-6-8-17(9-7-16)21-14-24-19-4-2-3-5-20(19)26-21/h2-9,18,21H,10-14H2,1H3/t18-,21-/m1/s1. The summed E-state index contributed by atoms with van der Waals surface area (Å²) in [7, 11) is 0. The molecule has 2 aliphatic rings. The van der Waals surface area contributed by atoms with E-state index in [0.29, 0.717) is 6.61 Å². The summed E-state index contributed by atoms with van der Waals surface area (Å²) in [5.41, 5.74) is 2.36. The summed E-state index contributed by atoms with van der Waals surface area (Å²) in [6, 6.07) is 16.2. The largest absolute Gasteiger partial charge is 0.485 e. The smallest absolute Gasteiger partial charge is 0.302 e. The zero-order valence-electron chi connectivity index (χ0n) is 14.9. The van der Waals surface area contributed by atoms with Gasteiger partial charge < -0.3 is 14.2 Å². The molecule has 4 rings (SSSR count). The summed E-state index contributed by atoms with van der Waals surface area (Å²) in [4.78, 5) is 13.4. The van der Waals surface area contributed by atoms with Crippen molar-refractivity contribution in [3.05, 3.63) is 59.7 Å². The number of benzene rings is 2. The first-order valence-electron chi connectivity index (χ1n) is 9.04. The number of likely N-dealkylation sites (tertiary alicyclic amines) is 1. The van der Waals surface area contributed by atoms with Gasteiger partial charge in [0.05, 0.1) is 0 Å². The molecule has 26 heavy (non-hydrogen) atoms. The lowest BCUT2D eigenvalue weighted by Gasteiger charge is -2.27. The Morgan fingerprint density at radius 1 is 1.15 bits per heavy atom. The quantitative estimate of drug-likeness (QED) is 0.789. The molecule has 0 spiro atoms. The minimum Gasteiger partial charge on any atom is -0.485 e. The van der Waals surface area contributed by atoms with Crippen molar-refractivity contribution in [1.82, 2.24) is 4.90 Å². The second-order valence-corrected chi connectivity index (χ2v) is 6.86. The number of hydrogen-bond acceptors (Lipinski definition) is 5. The molecule has 0 aliphatic carbocycles. The number of hydrogen-bond donors (Lipinski definition) is 0. The van der Waals surface area contributed by atoms with Crippen LogP contribution in [0.5, 0.6) is 11.5 Å². The van der Waals surface area contributed by atoms with Crippen LogP contribution in [0, 0.1) is 0 Å². The Morgan fingerprint density at radius 2 is 1.92 bits per heavy atom. The molecule has 2 aromatic rings. The van der Waals surface area contributed by atoms with E-state index >= 15 is 0 Å². The molecule has 2 aromatic carbocycles. The van der Waals surface area contributed by atoms with E-state index in [0.717, 1.165) is 43.1 Å². The fraction of sp³-hybridized carbons (Fsp3) is 0.381. The third-order valence-corrected chi connectivity index (χ3v) is 4.83. The lowest BCUT2D eigenvalue weighted by Crippen LogP contribution is -2.24. The van der Waals surface area contributed by atoms with Crippen molar-refractivity contribution < 1.29 is 19.0 Å². The number of rotatable bonds is 4. The number of carbonyl (C=O) groups excluding carboxylic acids is 1. The second kappa shape index (κ2) is 7.38. The van der Waals surface area contributed by atoms with Crippen molar-refractivity contribution in [2.75, 3.05) is 19.7 Å². The minimum absolute atomic E-state index is 0.0274. The van der Waals surface area contributed by atoms with Gasteiger partial charge in [-0.2, -0.15) is 0 Å². The third-order valence-electron chi connectivity index (χ3n) is 4.83. The van der Waals surface area contributed by atoms with Gasteiger partial charge in [0, 0.05) is 26.6 Å². The second-order valence-electron chi connectivity index (χ2n) is 6.86. The topological polar surface area (TPSA) is 48.0 Å². The average Bonchev–Trinajstić information content (AvgIpc) is 3.08. The molecule has 0 amide bonds. The van der Waals surface area contributed by atoms with Crippen LogP contribution in [-0.4, -0.2) is 36.7 Å². The summed E-state index contributed by atoms with van der Waals surface area (Å²) < 4.78 is 17.2. The third kappa shape index (κ3) is 3.83. The predicted molar refractivity (Wildman–Crippen MR) is 97.2 cm³/mol. The van der Waals surface area contributed by atoms with Crippen molar-refractivity contribution in [2.45, 2.75) is 32.1 Å². The zero-order chi connectivity index (χ0) is 17.9. The van der Waals surface area contributed by atoms with Gasteiger partial charge in [0.25, 0.3) is 0 Å². The number of para-hydroxylation sites is 2. The molecule has 2 heterocycles. The van der Waals surface area contributed by atoms with Gasteiger partial charge >= 0.3 is 5.97 Å². The Morgan fingerprint density at radius 3 is 2.69 bits per heavy atom. The molecule has 0 saturated carbocycles. The molecular weight excluding hydrogens is 330 g/mol. The number of fused-ring (bicyclic) bond motifs is 1. The zero-order valence-corrected chi connectivity index (χ0v) is 14.9. The van der Waals surface area contributed by atoms with E-state index in [9.17, 15) is 4.79 Å². The molecule has 1 saturated heterocycles. The average molecular weight is 353 g/mol. The van der Waals surface area contributed by atoms with Crippen molar-refractivity contribution in [2.24, 2.45) is 0 Å². The van der Waals surface area contributed by atoms with E-state index in [4.69, 9.17) is 14.2 Å². The summed E-state index contributed by atoms with van der Waals surface area (Å²) >= 11 is 0. The van der Waals surface area contributed by atoms with Crippen LogP contribution >= 0.6 is 0 Å². The summed E-state index contributed by atoms with van der Waals surface area (Å²) in [5.74, 6) is 1.40. The maximum Gasteiger partial charge on any atom is 0.302 e. The molecule has 5 heteroatoms. The van der Waals surface area contributed by atoms with E-state index in [1.165, 1.54) is 12.5 Å². The fourth-order valence-corrected chi connectivity index (χ4v) is 3.55. The molecule has 0 radical (unpaired) electrons. The molecule has 0 aromatic heterocycles. The van der Waals surface area contributed by atoms with Crippen molar-refractivity contribution >= 4 is 5.97 Å². The van der Waals surface area contributed by atoms with Gasteiger partial charge in [0.15, 0.2) is 17.6 Å². The lowest BCUT2D eigenvalue weighted by molar-refractivity contribution is -0.145. The van der Waals surface area contributed by atoms with Gasteiger partial charge in [0.1, 0.15) is 12.7 Å². The maximum atomic E-state index is 11.1. The first-order valence-corrected chi connectivity index (χ1v) is 9.04. The van der Waals surface area contributed by atoms with Gasteiger partial charge in [-0.05, 0) is 29.7 Å². The number of nitrogens with zero attached hydrogens (tertiary/aromatic N) is 1. The highest BCUT2D eigenvalue weighted by molar-refractivity contribution is 5.66. The highest BCUT2D eigenvalue weighted by atomic mass is 16.6. The van der Waals surface area contributed by atoms with Crippen LogP contribution in [0.3, 0.4) is 0 Å². The van der Waals surface area contributed by atoms with Crippen LogP contribution in [-0.2, 0) is 16.1 Å². The minimum atomic E-state index is -0.197. The van der Waals surface area contributed by atoms with Crippen LogP contribution in [0.15, 0.2) is 48.5 Å². The number of carbonyl (C=O) groups is 1. The van der Waals surface area contributed by atoms with E-state index in [1.54, 1.807) is 0 Å². The number of esters is 1. The van der Waals surface area contributed by atoms with Crippen LogP contribution in [0.1, 0.15) is 30.6 Å². The Kier molecular flexibility index (Phi) is 4.80. The predicted octanol–water partition coefficient (Wildman–Crippen LogP) is 3.34. The fourth-order valence-electron chi connectivity index (χ4n) is 3.55. The molecule has 0 bridgehead atoms. The summed E-state index contributed by atoms with van der Waals surface area (Å²) in [6.45, 7) is 4.61. The van der Waals surface area contributed by atoms with Crippen molar-refractivity contribution in [3.63, 3.8) is 0 Å². The Balaban J connectivity index is 1.35. The first kappa shape index (κ1) is 16.9. The summed E-state index contributed by atoms with van der Waals surface area (Å²) in [6.07, 6.45) is 0.850. The first-order chi connectivity index (χ1) is 12.7. The van der Waals surface area contributed by atoms with Gasteiger partial charge in [-0.3, -0.25) is 9.69 Å². The number of ether oxygens (including phenoxy) is 3. The van der Waals surface area contributed by atoms with Crippen molar-refractivity contribution in [3.8, 4) is 11.5 Å². The molecule has 0 N–H and O–H groups in total. The van der Waals surface area contributed by atoms with Crippen molar-refractivity contribution in [1.29, 1.82) is 0 Å². The van der Waals surface area contributed by atoms with Crippen LogP contribution < -0.4 is 9.47 Å². The molecule has 136 valence electrons. The molecule has 1 fully saturated rings. The monoisotopic (exact) mass is 353 g/mol. The normalized spacial score (nSPS) is 22.2. The van der Waals surface area contributed by atoms with Gasteiger partial charge in [-0.15, -0.1) is 0 Å². The van der Waals surface area contributed by atoms with Gasteiger partial charge in [0.2, 0.25) is 0 Å². The van der Waals surface area contributed by atoms with Gasteiger partial charge in [-0.1, -0.05) is 36.4 Å². The highest BCUT2D eigenvalue weighted by Gasteiger charge is 2.25.